The highest BCUT2D eigenvalue weighted by Crippen LogP contribution is 2.25. The fourth-order valence-electron chi connectivity index (χ4n) is 4.03. The minimum Gasteiger partial charge on any atom is -0.336 e. The Labute approximate surface area is 173 Å². The van der Waals surface area contributed by atoms with Gasteiger partial charge in [0.25, 0.3) is 16.1 Å². The van der Waals surface area contributed by atoms with Crippen LogP contribution in [0.15, 0.2) is 24.3 Å². The molecule has 1 aromatic carbocycles. The second-order valence-corrected chi connectivity index (χ2v) is 10.5. The highest BCUT2D eigenvalue weighted by Gasteiger charge is 2.35. The number of piperazine rings is 1. The first-order valence-electron chi connectivity index (χ1n) is 10.0. The summed E-state index contributed by atoms with van der Waals surface area (Å²) in [5.41, 5.74) is 1.87. The van der Waals surface area contributed by atoms with Crippen molar-refractivity contribution in [3.8, 4) is 0 Å². The van der Waals surface area contributed by atoms with Gasteiger partial charge >= 0.3 is 0 Å². The van der Waals surface area contributed by atoms with Gasteiger partial charge in [0.15, 0.2) is 0 Å². The molecule has 1 amide bonds. The smallest absolute Gasteiger partial charge is 0.282 e. The van der Waals surface area contributed by atoms with Crippen LogP contribution in [0.1, 0.15) is 48.0 Å². The predicted octanol–water partition coefficient (Wildman–Crippen LogP) is 2.82. The van der Waals surface area contributed by atoms with Crippen LogP contribution >= 0.6 is 11.8 Å². The Hall–Kier alpha value is -1.09. The third kappa shape index (κ3) is 4.90. The lowest BCUT2D eigenvalue weighted by molar-refractivity contribution is 0.0693. The lowest BCUT2D eigenvalue weighted by Gasteiger charge is -2.38. The number of thioether (sulfide) groups is 1. The lowest BCUT2D eigenvalue weighted by Crippen LogP contribution is -2.55. The van der Waals surface area contributed by atoms with Crippen molar-refractivity contribution in [2.75, 3.05) is 39.5 Å². The van der Waals surface area contributed by atoms with E-state index in [0.717, 1.165) is 31.4 Å². The van der Waals surface area contributed by atoms with Crippen molar-refractivity contribution in [1.82, 2.24) is 13.5 Å². The first kappa shape index (κ1) is 21.6. The third-order valence-electron chi connectivity index (χ3n) is 5.82. The molecule has 1 aromatic rings. The van der Waals surface area contributed by atoms with Crippen molar-refractivity contribution in [3.05, 3.63) is 35.4 Å². The summed E-state index contributed by atoms with van der Waals surface area (Å²) in [7, 11) is -1.75. The highest BCUT2D eigenvalue weighted by atomic mass is 32.2. The number of rotatable bonds is 6. The van der Waals surface area contributed by atoms with Crippen LogP contribution in [0.5, 0.6) is 0 Å². The van der Waals surface area contributed by atoms with E-state index in [0.29, 0.717) is 31.7 Å². The van der Waals surface area contributed by atoms with Crippen LogP contribution in [0.2, 0.25) is 0 Å². The molecule has 0 unspecified atom stereocenters. The number of amides is 1. The Morgan fingerprint density at radius 3 is 2.25 bits per heavy atom. The van der Waals surface area contributed by atoms with Gasteiger partial charge < -0.3 is 4.90 Å². The molecule has 6 nitrogen and oxygen atoms in total. The molecule has 0 bridgehead atoms. The first-order valence-corrected chi connectivity index (χ1v) is 12.8. The molecule has 0 N–H and O–H groups in total. The summed E-state index contributed by atoms with van der Waals surface area (Å²) in [4.78, 5) is 14.5. The fourth-order valence-corrected chi connectivity index (χ4v) is 6.13. The molecule has 0 spiro atoms. The minimum atomic E-state index is -3.46. The molecule has 1 heterocycles. The largest absolute Gasteiger partial charge is 0.336 e. The molecule has 1 aliphatic heterocycles. The normalized spacial score (nSPS) is 19.9. The SMILES string of the molecule is CSCc1ccc(C(=O)N2CCN(S(=O)(=O)N(C)C3CCCCC3)CC2)cc1. The summed E-state index contributed by atoms with van der Waals surface area (Å²) in [6, 6.07) is 7.83. The summed E-state index contributed by atoms with van der Waals surface area (Å²) >= 11 is 1.75. The second kappa shape index (κ2) is 9.61. The van der Waals surface area contributed by atoms with E-state index in [9.17, 15) is 13.2 Å². The maximum absolute atomic E-state index is 13.0. The molecular weight excluding hydrogens is 394 g/mol. The zero-order chi connectivity index (χ0) is 20.1. The molecule has 2 aliphatic rings. The van der Waals surface area contributed by atoms with Crippen LogP contribution in [0.3, 0.4) is 0 Å². The third-order valence-corrected chi connectivity index (χ3v) is 8.48. The quantitative estimate of drug-likeness (QED) is 0.703. The van der Waals surface area contributed by atoms with E-state index >= 15 is 0 Å². The van der Waals surface area contributed by atoms with E-state index in [4.69, 9.17) is 0 Å². The summed E-state index contributed by atoms with van der Waals surface area (Å²) in [5.74, 6) is 0.910. The fraction of sp³-hybridized carbons (Fsp3) is 0.650. The van der Waals surface area contributed by atoms with Crippen LogP contribution in [0, 0.1) is 0 Å². The molecule has 1 saturated heterocycles. The monoisotopic (exact) mass is 425 g/mol. The zero-order valence-corrected chi connectivity index (χ0v) is 18.5. The number of hydrogen-bond donors (Lipinski definition) is 0. The molecule has 0 aromatic heterocycles. The van der Waals surface area contributed by atoms with Gasteiger partial charge in [0.1, 0.15) is 0 Å². The van der Waals surface area contributed by atoms with Crippen LogP contribution in [0.4, 0.5) is 0 Å². The van der Waals surface area contributed by atoms with Crippen molar-refractivity contribution in [1.29, 1.82) is 0 Å². The number of benzene rings is 1. The molecule has 1 aliphatic carbocycles. The molecule has 0 radical (unpaired) electrons. The molecule has 8 heteroatoms. The molecular formula is C20H31N3O3S2. The lowest BCUT2D eigenvalue weighted by atomic mass is 9.96. The summed E-state index contributed by atoms with van der Waals surface area (Å²) < 4.78 is 29.1. The van der Waals surface area contributed by atoms with Crippen molar-refractivity contribution in [2.45, 2.75) is 43.9 Å². The average Bonchev–Trinajstić information content (AvgIpc) is 2.74. The van der Waals surface area contributed by atoms with Crippen LogP contribution in [-0.2, 0) is 16.0 Å². The number of hydrogen-bond acceptors (Lipinski definition) is 4. The van der Waals surface area contributed by atoms with E-state index in [1.165, 1.54) is 16.3 Å². The van der Waals surface area contributed by atoms with Crippen molar-refractivity contribution in [2.24, 2.45) is 0 Å². The van der Waals surface area contributed by atoms with Gasteiger partial charge in [-0.25, -0.2) is 0 Å². The molecule has 1 saturated carbocycles. The van der Waals surface area contributed by atoms with Crippen LogP contribution < -0.4 is 0 Å². The highest BCUT2D eigenvalue weighted by molar-refractivity contribution is 7.97. The van der Waals surface area contributed by atoms with E-state index in [-0.39, 0.29) is 11.9 Å². The number of carbonyl (C=O) groups is 1. The van der Waals surface area contributed by atoms with Gasteiger partial charge in [0.05, 0.1) is 0 Å². The maximum Gasteiger partial charge on any atom is 0.282 e. The Bertz CT molecular complexity index is 753. The standard InChI is InChI=1S/C20H31N3O3S2/c1-21(19-6-4-3-5-7-19)28(25,26)23-14-12-22(13-15-23)20(24)18-10-8-17(9-11-18)16-27-2/h8-11,19H,3-7,12-16H2,1-2H3. The van der Waals surface area contributed by atoms with Gasteiger partial charge in [0.2, 0.25) is 0 Å². The summed E-state index contributed by atoms with van der Waals surface area (Å²) in [6.45, 7) is 1.58. The zero-order valence-electron chi connectivity index (χ0n) is 16.8. The Morgan fingerprint density at radius 2 is 1.68 bits per heavy atom. The first-order chi connectivity index (χ1) is 13.4. The van der Waals surface area contributed by atoms with Crippen molar-refractivity contribution < 1.29 is 13.2 Å². The van der Waals surface area contributed by atoms with E-state index < -0.39 is 10.2 Å². The van der Waals surface area contributed by atoms with Gasteiger partial charge in [-0.05, 0) is 36.8 Å². The topological polar surface area (TPSA) is 60.9 Å². The summed E-state index contributed by atoms with van der Waals surface area (Å²) in [5, 5.41) is 0. The van der Waals surface area contributed by atoms with Crippen LogP contribution in [0.25, 0.3) is 0 Å². The predicted molar refractivity (Wildman–Crippen MR) is 115 cm³/mol. The Morgan fingerprint density at radius 1 is 1.07 bits per heavy atom. The molecule has 0 atom stereocenters. The summed E-state index contributed by atoms with van der Waals surface area (Å²) in [6.07, 6.45) is 7.34. The maximum atomic E-state index is 13.0. The molecule has 156 valence electrons. The van der Waals surface area contributed by atoms with E-state index in [1.807, 2.05) is 24.3 Å². The van der Waals surface area contributed by atoms with Crippen LogP contribution in [-0.4, -0.2) is 73.4 Å². The van der Waals surface area contributed by atoms with E-state index in [2.05, 4.69) is 6.26 Å². The number of nitrogens with zero attached hydrogens (tertiary/aromatic N) is 3. The van der Waals surface area contributed by atoms with Crippen molar-refractivity contribution in [3.63, 3.8) is 0 Å². The van der Waals surface area contributed by atoms with Crippen molar-refractivity contribution >= 4 is 27.9 Å². The second-order valence-electron chi connectivity index (χ2n) is 7.64. The van der Waals surface area contributed by atoms with E-state index in [1.54, 1.807) is 28.0 Å². The Balaban J connectivity index is 1.57. The van der Waals surface area contributed by atoms with Gasteiger partial charge in [-0.1, -0.05) is 31.4 Å². The van der Waals surface area contributed by atoms with Gasteiger partial charge in [-0.2, -0.15) is 28.8 Å². The van der Waals surface area contributed by atoms with Gasteiger partial charge in [-0.15, -0.1) is 0 Å². The minimum absolute atomic E-state index is 0.0200. The molecule has 2 fully saturated rings. The number of carbonyl (C=O) groups excluding carboxylic acids is 1. The Kier molecular flexibility index (Phi) is 7.42. The average molecular weight is 426 g/mol. The molecule has 28 heavy (non-hydrogen) atoms. The molecule has 3 rings (SSSR count). The van der Waals surface area contributed by atoms with Gasteiger partial charge in [0, 0.05) is 50.6 Å². The van der Waals surface area contributed by atoms with Gasteiger partial charge in [-0.3, -0.25) is 4.79 Å².